The maximum atomic E-state index is 12.6. The van der Waals surface area contributed by atoms with E-state index in [1.807, 2.05) is 4.90 Å². The topological polar surface area (TPSA) is 125 Å². The number of likely N-dealkylation sites (tertiary alicyclic amines) is 1. The number of nitrogens with zero attached hydrogens (tertiary/aromatic N) is 3. The minimum absolute atomic E-state index is 0.115. The lowest BCUT2D eigenvalue weighted by molar-refractivity contribution is 0.0924. The third-order valence-electron chi connectivity index (χ3n) is 5.05. The van der Waals surface area contributed by atoms with Crippen molar-refractivity contribution in [3.05, 3.63) is 30.1 Å². The minimum Gasteiger partial charge on any atom is -0.370 e. The smallest absolute Gasteiger partial charge is 0.270 e. The summed E-state index contributed by atoms with van der Waals surface area (Å²) in [4.78, 5) is 22.9. The normalized spacial score (nSPS) is 21.6. The molecule has 1 saturated heterocycles. The van der Waals surface area contributed by atoms with Crippen molar-refractivity contribution in [3.63, 3.8) is 0 Å². The Bertz CT molecular complexity index is 731. The number of piperidine rings is 1. The number of rotatable bonds is 6. The highest BCUT2D eigenvalue weighted by molar-refractivity contribution is 8.00. The number of hydrogen-bond donors (Lipinski definition) is 3. The SMILES string of the molecule is N=C(N)N1CCC(CC(CC2=NCCS2=O)NC(=O)c2ccccn2)CC1. The van der Waals surface area contributed by atoms with Crippen molar-refractivity contribution < 1.29 is 9.00 Å². The van der Waals surface area contributed by atoms with Crippen molar-refractivity contribution in [1.29, 1.82) is 5.41 Å². The van der Waals surface area contributed by atoms with Gasteiger partial charge in [0.2, 0.25) is 0 Å². The lowest BCUT2D eigenvalue weighted by Crippen LogP contribution is -2.44. The van der Waals surface area contributed by atoms with Gasteiger partial charge in [0.15, 0.2) is 5.96 Å². The molecule has 8 nitrogen and oxygen atoms in total. The molecule has 146 valence electrons. The third-order valence-corrected chi connectivity index (χ3v) is 6.43. The average molecular weight is 391 g/mol. The number of nitrogens with two attached hydrogens (primary N) is 1. The summed E-state index contributed by atoms with van der Waals surface area (Å²) in [5.74, 6) is 0.896. The first-order valence-electron chi connectivity index (χ1n) is 9.25. The molecule has 1 fully saturated rings. The predicted octanol–water partition coefficient (Wildman–Crippen LogP) is 0.726. The van der Waals surface area contributed by atoms with Crippen LogP contribution in [0.4, 0.5) is 0 Å². The molecule has 0 aliphatic carbocycles. The maximum absolute atomic E-state index is 12.6. The van der Waals surface area contributed by atoms with E-state index in [0.29, 0.717) is 35.4 Å². The first-order valence-corrected chi connectivity index (χ1v) is 10.6. The van der Waals surface area contributed by atoms with Gasteiger partial charge in [-0.3, -0.25) is 24.4 Å². The van der Waals surface area contributed by atoms with Gasteiger partial charge in [-0.1, -0.05) is 6.07 Å². The van der Waals surface area contributed by atoms with E-state index in [9.17, 15) is 9.00 Å². The van der Waals surface area contributed by atoms with E-state index in [1.54, 1.807) is 24.4 Å². The Kier molecular flexibility index (Phi) is 6.54. The number of guanidine groups is 1. The van der Waals surface area contributed by atoms with E-state index in [4.69, 9.17) is 11.1 Å². The molecule has 4 N–H and O–H groups in total. The van der Waals surface area contributed by atoms with Crippen LogP contribution in [0.25, 0.3) is 0 Å². The van der Waals surface area contributed by atoms with Gasteiger partial charge in [0.25, 0.3) is 5.91 Å². The monoisotopic (exact) mass is 390 g/mol. The maximum Gasteiger partial charge on any atom is 0.270 e. The number of carbonyl (C=O) groups is 1. The van der Waals surface area contributed by atoms with Gasteiger partial charge >= 0.3 is 0 Å². The summed E-state index contributed by atoms with van der Waals surface area (Å²) in [6.45, 7) is 2.11. The highest BCUT2D eigenvalue weighted by Crippen LogP contribution is 2.24. The Balaban J connectivity index is 1.63. The van der Waals surface area contributed by atoms with Crippen LogP contribution in [0.15, 0.2) is 29.4 Å². The second-order valence-electron chi connectivity index (χ2n) is 6.97. The standard InChI is InChI=1S/C18H26N6O2S/c19-18(20)24-8-4-13(5-9-24)11-14(12-16-22-7-10-27(16)26)23-17(25)15-3-1-2-6-21-15/h1-3,6,13-14H,4-5,7-12H2,(H3,19,20)(H,23,25). The fourth-order valence-corrected chi connectivity index (χ4v) is 4.69. The number of aliphatic imine (C=N–C) groups is 1. The molecule has 9 heteroatoms. The van der Waals surface area contributed by atoms with E-state index in [0.717, 1.165) is 32.4 Å². The van der Waals surface area contributed by atoms with Crippen LogP contribution < -0.4 is 11.1 Å². The van der Waals surface area contributed by atoms with Crippen LogP contribution in [-0.4, -0.2) is 62.4 Å². The summed E-state index contributed by atoms with van der Waals surface area (Å²) < 4.78 is 12.1. The van der Waals surface area contributed by atoms with Crippen molar-refractivity contribution >= 4 is 27.7 Å². The van der Waals surface area contributed by atoms with Gasteiger partial charge in [0.05, 0.1) is 17.3 Å². The lowest BCUT2D eigenvalue weighted by Gasteiger charge is -2.34. The fourth-order valence-electron chi connectivity index (χ4n) is 3.57. The third kappa shape index (κ3) is 5.35. The predicted molar refractivity (Wildman–Crippen MR) is 106 cm³/mol. The Morgan fingerprint density at radius 2 is 2.19 bits per heavy atom. The van der Waals surface area contributed by atoms with E-state index < -0.39 is 10.8 Å². The van der Waals surface area contributed by atoms with Crippen LogP contribution in [-0.2, 0) is 10.8 Å². The largest absolute Gasteiger partial charge is 0.370 e. The Morgan fingerprint density at radius 3 is 2.78 bits per heavy atom. The Morgan fingerprint density at radius 1 is 1.41 bits per heavy atom. The molecular weight excluding hydrogens is 364 g/mol. The molecule has 0 aromatic carbocycles. The van der Waals surface area contributed by atoms with E-state index in [1.165, 1.54) is 0 Å². The summed E-state index contributed by atoms with van der Waals surface area (Å²) >= 11 is 0. The van der Waals surface area contributed by atoms with Crippen molar-refractivity contribution in [2.75, 3.05) is 25.4 Å². The van der Waals surface area contributed by atoms with Crippen LogP contribution >= 0.6 is 0 Å². The van der Waals surface area contributed by atoms with Crippen molar-refractivity contribution in [2.24, 2.45) is 16.6 Å². The molecule has 0 radical (unpaired) electrons. The Labute approximate surface area is 161 Å². The average Bonchev–Trinajstić information content (AvgIpc) is 3.07. The van der Waals surface area contributed by atoms with Gasteiger partial charge in [0, 0.05) is 37.5 Å². The second kappa shape index (κ2) is 9.07. The molecular formula is C18H26N6O2S. The van der Waals surface area contributed by atoms with Gasteiger partial charge in [-0.25, -0.2) is 0 Å². The molecule has 3 rings (SSSR count). The van der Waals surface area contributed by atoms with Crippen LogP contribution in [0.1, 0.15) is 36.2 Å². The van der Waals surface area contributed by atoms with E-state index in [-0.39, 0.29) is 17.9 Å². The van der Waals surface area contributed by atoms with Crippen molar-refractivity contribution in [1.82, 2.24) is 15.2 Å². The molecule has 27 heavy (non-hydrogen) atoms. The molecule has 0 saturated carbocycles. The molecule has 1 amide bonds. The first-order chi connectivity index (χ1) is 13.0. The van der Waals surface area contributed by atoms with Crippen molar-refractivity contribution in [2.45, 2.75) is 31.7 Å². The van der Waals surface area contributed by atoms with Crippen LogP contribution in [0.3, 0.4) is 0 Å². The van der Waals surface area contributed by atoms with Crippen molar-refractivity contribution in [3.8, 4) is 0 Å². The summed E-state index contributed by atoms with van der Waals surface area (Å²) in [5, 5.41) is 11.3. The zero-order valence-electron chi connectivity index (χ0n) is 15.3. The highest BCUT2D eigenvalue weighted by atomic mass is 32.2. The first kappa shape index (κ1) is 19.5. The van der Waals surface area contributed by atoms with E-state index in [2.05, 4.69) is 15.3 Å². The molecule has 2 atom stereocenters. The van der Waals surface area contributed by atoms with Crippen LogP contribution in [0.5, 0.6) is 0 Å². The van der Waals surface area contributed by atoms with Gasteiger partial charge in [-0.05, 0) is 37.3 Å². The van der Waals surface area contributed by atoms with Crippen LogP contribution in [0, 0.1) is 11.3 Å². The number of nitrogens with one attached hydrogen (secondary N) is 2. The minimum atomic E-state index is -1.03. The molecule has 0 bridgehead atoms. The number of carbonyl (C=O) groups excluding carboxylic acids is 1. The van der Waals surface area contributed by atoms with Crippen LogP contribution in [0.2, 0.25) is 0 Å². The number of amides is 1. The number of hydrogen-bond acceptors (Lipinski definition) is 5. The number of aromatic nitrogens is 1. The highest BCUT2D eigenvalue weighted by Gasteiger charge is 2.27. The summed E-state index contributed by atoms with van der Waals surface area (Å²) in [5.41, 5.74) is 5.94. The van der Waals surface area contributed by atoms with Gasteiger partial charge in [-0.15, -0.1) is 0 Å². The van der Waals surface area contributed by atoms with Gasteiger partial charge < -0.3 is 16.0 Å². The summed E-state index contributed by atoms with van der Waals surface area (Å²) in [7, 11) is -1.03. The summed E-state index contributed by atoms with van der Waals surface area (Å²) in [6, 6.07) is 5.11. The zero-order chi connectivity index (χ0) is 19.2. The quantitative estimate of drug-likeness (QED) is 0.488. The van der Waals surface area contributed by atoms with Gasteiger partial charge in [0.1, 0.15) is 10.7 Å². The Hall–Kier alpha value is -2.29. The molecule has 2 unspecified atom stereocenters. The number of pyridine rings is 1. The fraction of sp³-hybridized carbons (Fsp3) is 0.556. The molecule has 2 aliphatic rings. The zero-order valence-corrected chi connectivity index (χ0v) is 16.1. The molecule has 1 aromatic heterocycles. The molecule has 0 spiro atoms. The lowest BCUT2D eigenvalue weighted by atomic mass is 9.89. The molecule has 2 aliphatic heterocycles. The van der Waals surface area contributed by atoms with E-state index >= 15 is 0 Å². The summed E-state index contributed by atoms with van der Waals surface area (Å²) in [6.07, 6.45) is 4.74. The molecule has 3 heterocycles. The van der Waals surface area contributed by atoms with Gasteiger partial charge in [-0.2, -0.15) is 0 Å². The molecule has 1 aromatic rings. The second-order valence-corrected chi connectivity index (χ2v) is 8.54.